The topological polar surface area (TPSA) is 102 Å². The number of carbonyl (C=O) groups is 2. The van der Waals surface area contributed by atoms with Crippen molar-refractivity contribution in [3.05, 3.63) is 57.1 Å². The van der Waals surface area contributed by atoms with Crippen LogP contribution in [-0.2, 0) is 9.59 Å². The van der Waals surface area contributed by atoms with Crippen molar-refractivity contribution in [3.8, 4) is 5.75 Å². The third-order valence-corrected chi connectivity index (χ3v) is 4.31. The van der Waals surface area contributed by atoms with Gasteiger partial charge in [0.05, 0.1) is 23.2 Å². The first kappa shape index (κ1) is 18.4. The van der Waals surface area contributed by atoms with Gasteiger partial charge in [0.1, 0.15) is 6.54 Å². The standard InChI is InChI=1S/C19H19N3O5/c1-11-6-12(2)19(13(3)7-11)20-17(23)9-21-10-18(24)27-16-8-14(22(25)26)4-5-15(16)21/h4-8H,9-10H2,1-3H3,(H,20,23). The molecule has 1 aliphatic rings. The van der Waals surface area contributed by atoms with E-state index in [2.05, 4.69) is 5.32 Å². The van der Waals surface area contributed by atoms with Gasteiger partial charge >= 0.3 is 5.97 Å². The number of esters is 1. The zero-order valence-corrected chi connectivity index (χ0v) is 15.2. The second-order valence-corrected chi connectivity index (χ2v) is 6.56. The monoisotopic (exact) mass is 369 g/mol. The summed E-state index contributed by atoms with van der Waals surface area (Å²) in [6, 6.07) is 7.95. The number of carbonyl (C=O) groups excluding carboxylic acids is 2. The number of amides is 1. The third kappa shape index (κ3) is 3.89. The highest BCUT2D eigenvalue weighted by atomic mass is 16.6. The van der Waals surface area contributed by atoms with Crippen molar-refractivity contribution in [1.82, 2.24) is 0 Å². The summed E-state index contributed by atoms with van der Waals surface area (Å²) < 4.78 is 5.09. The average molecular weight is 369 g/mol. The van der Waals surface area contributed by atoms with Crippen LogP contribution in [0.4, 0.5) is 17.1 Å². The van der Waals surface area contributed by atoms with Gasteiger partial charge in [0.15, 0.2) is 5.75 Å². The summed E-state index contributed by atoms with van der Waals surface area (Å²) in [5.74, 6) is -0.779. The van der Waals surface area contributed by atoms with E-state index in [9.17, 15) is 19.7 Å². The van der Waals surface area contributed by atoms with Crippen molar-refractivity contribution in [1.29, 1.82) is 0 Å². The first-order valence-corrected chi connectivity index (χ1v) is 8.36. The Kier molecular flexibility index (Phi) is 4.81. The lowest BCUT2D eigenvalue weighted by Gasteiger charge is -2.29. The molecule has 0 bridgehead atoms. The minimum absolute atomic E-state index is 0.0767. The number of nitro benzene ring substituents is 1. The number of non-ortho nitro benzene ring substituents is 1. The Morgan fingerprint density at radius 1 is 1.22 bits per heavy atom. The van der Waals surface area contributed by atoms with Crippen molar-refractivity contribution in [2.75, 3.05) is 23.3 Å². The van der Waals surface area contributed by atoms with Crippen molar-refractivity contribution in [2.24, 2.45) is 0 Å². The molecule has 1 heterocycles. The number of rotatable bonds is 4. The lowest BCUT2D eigenvalue weighted by Crippen LogP contribution is -2.41. The number of benzene rings is 2. The molecule has 0 spiro atoms. The molecule has 140 valence electrons. The van der Waals surface area contributed by atoms with E-state index in [1.54, 1.807) is 4.90 Å². The molecule has 1 N–H and O–H groups in total. The van der Waals surface area contributed by atoms with Crippen LogP contribution in [-0.4, -0.2) is 29.9 Å². The Bertz CT molecular complexity index is 931. The largest absolute Gasteiger partial charge is 0.423 e. The fourth-order valence-corrected chi connectivity index (χ4v) is 3.23. The summed E-state index contributed by atoms with van der Waals surface area (Å²) in [4.78, 5) is 36.3. The van der Waals surface area contributed by atoms with E-state index < -0.39 is 10.9 Å². The van der Waals surface area contributed by atoms with Gasteiger partial charge in [-0.3, -0.25) is 14.9 Å². The Labute approximate surface area is 155 Å². The van der Waals surface area contributed by atoms with Gasteiger partial charge in [-0.2, -0.15) is 0 Å². The maximum atomic E-state index is 12.5. The van der Waals surface area contributed by atoms with E-state index in [0.29, 0.717) is 5.69 Å². The van der Waals surface area contributed by atoms with Crippen LogP contribution in [0.3, 0.4) is 0 Å². The molecule has 0 aliphatic carbocycles. The van der Waals surface area contributed by atoms with Crippen LogP contribution in [0.1, 0.15) is 16.7 Å². The summed E-state index contributed by atoms with van der Waals surface area (Å²) >= 11 is 0. The summed E-state index contributed by atoms with van der Waals surface area (Å²) in [7, 11) is 0. The van der Waals surface area contributed by atoms with Crippen LogP contribution < -0.4 is 15.0 Å². The molecular weight excluding hydrogens is 350 g/mol. The Morgan fingerprint density at radius 3 is 2.52 bits per heavy atom. The second kappa shape index (κ2) is 7.06. The number of hydrogen-bond acceptors (Lipinski definition) is 6. The molecular formula is C19H19N3O5. The first-order valence-electron chi connectivity index (χ1n) is 8.36. The lowest BCUT2D eigenvalue weighted by molar-refractivity contribution is -0.384. The molecule has 2 aromatic rings. The highest BCUT2D eigenvalue weighted by molar-refractivity contribution is 5.97. The second-order valence-electron chi connectivity index (χ2n) is 6.56. The Balaban J connectivity index is 1.81. The molecule has 1 aliphatic heterocycles. The minimum Gasteiger partial charge on any atom is -0.423 e. The first-order chi connectivity index (χ1) is 12.7. The van der Waals surface area contributed by atoms with Gasteiger partial charge in [0.2, 0.25) is 5.91 Å². The van der Waals surface area contributed by atoms with E-state index in [1.165, 1.54) is 18.2 Å². The molecule has 27 heavy (non-hydrogen) atoms. The highest BCUT2D eigenvalue weighted by Gasteiger charge is 2.27. The molecule has 0 atom stereocenters. The predicted molar refractivity (Wildman–Crippen MR) is 100 cm³/mol. The van der Waals surface area contributed by atoms with Gasteiger partial charge in [0.25, 0.3) is 5.69 Å². The quantitative estimate of drug-likeness (QED) is 0.385. The van der Waals surface area contributed by atoms with Crippen LogP contribution in [0.5, 0.6) is 5.75 Å². The fourth-order valence-electron chi connectivity index (χ4n) is 3.23. The van der Waals surface area contributed by atoms with Crippen molar-refractivity contribution in [2.45, 2.75) is 20.8 Å². The van der Waals surface area contributed by atoms with E-state index in [-0.39, 0.29) is 30.4 Å². The van der Waals surface area contributed by atoms with E-state index in [1.807, 2.05) is 32.9 Å². The number of hydrogen-bond donors (Lipinski definition) is 1. The lowest BCUT2D eigenvalue weighted by atomic mass is 10.1. The normalized spacial score (nSPS) is 13.0. The number of fused-ring (bicyclic) bond motifs is 1. The maximum Gasteiger partial charge on any atom is 0.331 e. The van der Waals surface area contributed by atoms with Gasteiger partial charge in [-0.05, 0) is 38.0 Å². The Morgan fingerprint density at radius 2 is 1.89 bits per heavy atom. The molecule has 8 nitrogen and oxygen atoms in total. The van der Waals surface area contributed by atoms with E-state index in [0.717, 1.165) is 22.4 Å². The third-order valence-electron chi connectivity index (χ3n) is 4.31. The van der Waals surface area contributed by atoms with Gasteiger partial charge < -0.3 is 15.0 Å². The summed E-state index contributed by atoms with van der Waals surface area (Å²) in [6.07, 6.45) is 0. The van der Waals surface area contributed by atoms with Gasteiger partial charge in [-0.25, -0.2) is 4.79 Å². The molecule has 0 radical (unpaired) electrons. The van der Waals surface area contributed by atoms with Gasteiger partial charge in [0, 0.05) is 11.8 Å². The summed E-state index contributed by atoms with van der Waals surface area (Å²) in [6.45, 7) is 5.64. The van der Waals surface area contributed by atoms with E-state index in [4.69, 9.17) is 4.74 Å². The van der Waals surface area contributed by atoms with Crippen LogP contribution in [0, 0.1) is 30.9 Å². The van der Waals surface area contributed by atoms with Gasteiger partial charge in [-0.15, -0.1) is 0 Å². The molecule has 0 aromatic heterocycles. The van der Waals surface area contributed by atoms with E-state index >= 15 is 0 Å². The molecule has 0 fully saturated rings. The maximum absolute atomic E-state index is 12.5. The number of aryl methyl sites for hydroxylation is 3. The van der Waals surface area contributed by atoms with Crippen molar-refractivity contribution in [3.63, 3.8) is 0 Å². The fraction of sp³-hybridized carbons (Fsp3) is 0.263. The van der Waals surface area contributed by atoms with Crippen molar-refractivity contribution < 1.29 is 19.2 Å². The number of anilines is 2. The number of nitro groups is 1. The minimum atomic E-state index is -0.571. The summed E-state index contributed by atoms with van der Waals surface area (Å²) in [5, 5.41) is 13.8. The van der Waals surface area contributed by atoms with Crippen LogP contribution in [0.2, 0.25) is 0 Å². The molecule has 3 rings (SSSR count). The average Bonchev–Trinajstić information content (AvgIpc) is 2.57. The zero-order valence-electron chi connectivity index (χ0n) is 15.2. The molecule has 0 unspecified atom stereocenters. The molecule has 0 saturated heterocycles. The highest BCUT2D eigenvalue weighted by Crippen LogP contribution is 2.35. The van der Waals surface area contributed by atoms with Crippen LogP contribution in [0.15, 0.2) is 30.3 Å². The van der Waals surface area contributed by atoms with Crippen LogP contribution in [0.25, 0.3) is 0 Å². The number of ether oxygens (including phenoxy) is 1. The zero-order chi connectivity index (χ0) is 19.7. The number of nitrogens with zero attached hydrogens (tertiary/aromatic N) is 2. The van der Waals surface area contributed by atoms with Crippen molar-refractivity contribution >= 4 is 28.9 Å². The Hall–Kier alpha value is -3.42. The van der Waals surface area contributed by atoms with Crippen LogP contribution >= 0.6 is 0 Å². The SMILES string of the molecule is Cc1cc(C)c(NC(=O)CN2CC(=O)Oc3cc([N+](=O)[O-])ccc32)c(C)c1. The molecule has 8 heteroatoms. The number of nitrogens with one attached hydrogen (secondary N) is 1. The molecule has 1 amide bonds. The smallest absolute Gasteiger partial charge is 0.331 e. The predicted octanol–water partition coefficient (Wildman–Crippen LogP) is 2.88. The molecule has 0 saturated carbocycles. The summed E-state index contributed by atoms with van der Waals surface area (Å²) in [5.41, 5.74) is 4.04. The molecule has 2 aromatic carbocycles. The van der Waals surface area contributed by atoms with Gasteiger partial charge in [-0.1, -0.05) is 17.7 Å².